The van der Waals surface area contributed by atoms with Gasteiger partial charge >= 0.3 is 0 Å². The van der Waals surface area contributed by atoms with Crippen LogP contribution in [-0.4, -0.2) is 10.5 Å². The number of aromatic nitrogens is 1. The molecule has 0 atom stereocenters. The zero-order valence-electron chi connectivity index (χ0n) is 10.3. The Hall–Kier alpha value is -1.83. The van der Waals surface area contributed by atoms with Crippen LogP contribution in [0.25, 0.3) is 0 Å². The van der Waals surface area contributed by atoms with Crippen molar-refractivity contribution in [2.45, 2.75) is 26.7 Å². The van der Waals surface area contributed by atoms with Crippen molar-refractivity contribution in [3.8, 4) is 0 Å². The van der Waals surface area contributed by atoms with E-state index in [1.807, 2.05) is 42.7 Å². The van der Waals surface area contributed by atoms with Crippen LogP contribution in [0.2, 0.25) is 0 Å². The SMILES string of the molecule is CCc1cn(C(=O)c2ccccc2)cc1CC. The number of carbonyl (C=O) groups excluding carboxylic acids is 1. The third-order valence-corrected chi connectivity index (χ3v) is 3.02. The van der Waals surface area contributed by atoms with E-state index in [0.29, 0.717) is 0 Å². The number of aryl methyl sites for hydroxylation is 2. The maximum Gasteiger partial charge on any atom is 0.261 e. The third-order valence-electron chi connectivity index (χ3n) is 3.02. The molecule has 1 aromatic carbocycles. The highest BCUT2D eigenvalue weighted by Gasteiger charge is 2.10. The first-order valence-corrected chi connectivity index (χ1v) is 6.05. The van der Waals surface area contributed by atoms with E-state index in [1.165, 1.54) is 11.1 Å². The summed E-state index contributed by atoms with van der Waals surface area (Å²) in [6.45, 7) is 4.23. The first kappa shape index (κ1) is 11.6. The fraction of sp³-hybridized carbons (Fsp3) is 0.267. The van der Waals surface area contributed by atoms with E-state index in [2.05, 4.69) is 13.8 Å². The van der Waals surface area contributed by atoms with Gasteiger partial charge in [-0.3, -0.25) is 9.36 Å². The lowest BCUT2D eigenvalue weighted by Crippen LogP contribution is -2.09. The Morgan fingerprint density at radius 1 is 1.00 bits per heavy atom. The van der Waals surface area contributed by atoms with E-state index in [0.717, 1.165) is 18.4 Å². The minimum absolute atomic E-state index is 0.0417. The lowest BCUT2D eigenvalue weighted by molar-refractivity contribution is 0.0960. The molecule has 1 aromatic heterocycles. The normalized spacial score (nSPS) is 10.5. The van der Waals surface area contributed by atoms with Crippen LogP contribution in [0, 0.1) is 0 Å². The van der Waals surface area contributed by atoms with Gasteiger partial charge in [0.05, 0.1) is 0 Å². The number of benzene rings is 1. The Morgan fingerprint density at radius 2 is 1.53 bits per heavy atom. The number of nitrogens with zero attached hydrogens (tertiary/aromatic N) is 1. The maximum absolute atomic E-state index is 12.2. The molecule has 2 aromatic rings. The Bertz CT molecular complexity index is 489. The van der Waals surface area contributed by atoms with Crippen LogP contribution in [0.1, 0.15) is 35.3 Å². The summed E-state index contributed by atoms with van der Waals surface area (Å²) in [6.07, 6.45) is 5.85. The third kappa shape index (κ3) is 2.31. The van der Waals surface area contributed by atoms with Gasteiger partial charge in [0, 0.05) is 18.0 Å². The van der Waals surface area contributed by atoms with Crippen LogP contribution in [-0.2, 0) is 12.8 Å². The standard InChI is InChI=1S/C15H17NO/c1-3-12-10-16(11-13(12)4-2)15(17)14-8-6-5-7-9-14/h5-11H,3-4H2,1-2H3. The fourth-order valence-electron chi connectivity index (χ4n) is 2.02. The number of hydrogen-bond donors (Lipinski definition) is 0. The number of carbonyl (C=O) groups is 1. The topological polar surface area (TPSA) is 22.0 Å². The summed E-state index contributed by atoms with van der Waals surface area (Å²) in [6, 6.07) is 9.39. The summed E-state index contributed by atoms with van der Waals surface area (Å²) in [5.41, 5.74) is 3.25. The van der Waals surface area contributed by atoms with Crippen LogP contribution < -0.4 is 0 Å². The second-order valence-corrected chi connectivity index (χ2v) is 4.09. The van der Waals surface area contributed by atoms with Gasteiger partial charge in [0.2, 0.25) is 0 Å². The Labute approximate surface area is 102 Å². The molecule has 2 rings (SSSR count). The molecule has 0 unspecified atom stereocenters. The molecular formula is C15H17NO. The summed E-state index contributed by atoms with van der Waals surface area (Å²) in [5.74, 6) is 0.0417. The predicted octanol–water partition coefficient (Wildman–Crippen LogP) is 3.30. The summed E-state index contributed by atoms with van der Waals surface area (Å²) in [4.78, 5) is 12.2. The molecule has 0 radical (unpaired) electrons. The molecule has 2 heteroatoms. The number of hydrogen-bond acceptors (Lipinski definition) is 1. The average molecular weight is 227 g/mol. The molecule has 0 amide bonds. The van der Waals surface area contributed by atoms with Crippen LogP contribution in [0.3, 0.4) is 0 Å². The van der Waals surface area contributed by atoms with Crippen molar-refractivity contribution in [2.75, 3.05) is 0 Å². The molecule has 1 heterocycles. The van der Waals surface area contributed by atoms with Gasteiger partial charge in [-0.05, 0) is 36.1 Å². The van der Waals surface area contributed by atoms with Gasteiger partial charge < -0.3 is 0 Å². The second kappa shape index (κ2) is 5.00. The average Bonchev–Trinajstić information content (AvgIpc) is 2.82. The van der Waals surface area contributed by atoms with Crippen LogP contribution in [0.4, 0.5) is 0 Å². The lowest BCUT2D eigenvalue weighted by atomic mass is 10.1. The van der Waals surface area contributed by atoms with E-state index < -0.39 is 0 Å². The van der Waals surface area contributed by atoms with Gasteiger partial charge in [-0.25, -0.2) is 0 Å². The van der Waals surface area contributed by atoms with Crippen molar-refractivity contribution in [3.05, 3.63) is 59.4 Å². The van der Waals surface area contributed by atoms with E-state index in [-0.39, 0.29) is 5.91 Å². The second-order valence-electron chi connectivity index (χ2n) is 4.09. The molecule has 2 nitrogen and oxygen atoms in total. The van der Waals surface area contributed by atoms with Crippen molar-refractivity contribution in [3.63, 3.8) is 0 Å². The highest BCUT2D eigenvalue weighted by molar-refractivity contribution is 5.96. The van der Waals surface area contributed by atoms with Crippen molar-refractivity contribution >= 4 is 5.91 Å². The van der Waals surface area contributed by atoms with Crippen molar-refractivity contribution < 1.29 is 4.79 Å². The van der Waals surface area contributed by atoms with Gasteiger partial charge in [0.1, 0.15) is 0 Å². The van der Waals surface area contributed by atoms with Gasteiger partial charge in [0.25, 0.3) is 5.91 Å². The van der Waals surface area contributed by atoms with Crippen molar-refractivity contribution in [1.29, 1.82) is 0 Å². The first-order chi connectivity index (χ1) is 8.26. The van der Waals surface area contributed by atoms with Crippen molar-refractivity contribution in [2.24, 2.45) is 0 Å². The minimum Gasteiger partial charge on any atom is -0.290 e. The van der Waals surface area contributed by atoms with Gasteiger partial charge in [-0.15, -0.1) is 0 Å². The van der Waals surface area contributed by atoms with E-state index in [9.17, 15) is 4.79 Å². The molecule has 0 spiro atoms. The molecule has 0 saturated carbocycles. The molecule has 0 aliphatic heterocycles. The Balaban J connectivity index is 2.35. The molecule has 0 aliphatic rings. The molecule has 17 heavy (non-hydrogen) atoms. The quantitative estimate of drug-likeness (QED) is 0.788. The van der Waals surface area contributed by atoms with Gasteiger partial charge in [0.15, 0.2) is 0 Å². The summed E-state index contributed by atoms with van der Waals surface area (Å²) < 4.78 is 1.70. The van der Waals surface area contributed by atoms with E-state index in [1.54, 1.807) is 4.57 Å². The molecule has 0 bridgehead atoms. The predicted molar refractivity (Wildman–Crippen MR) is 69.4 cm³/mol. The first-order valence-electron chi connectivity index (χ1n) is 6.05. The van der Waals surface area contributed by atoms with Crippen LogP contribution in [0.15, 0.2) is 42.7 Å². The highest BCUT2D eigenvalue weighted by Crippen LogP contribution is 2.14. The smallest absolute Gasteiger partial charge is 0.261 e. The fourth-order valence-corrected chi connectivity index (χ4v) is 2.02. The Kier molecular flexibility index (Phi) is 3.43. The highest BCUT2D eigenvalue weighted by atomic mass is 16.2. The molecule has 0 N–H and O–H groups in total. The molecular weight excluding hydrogens is 210 g/mol. The molecule has 0 fully saturated rings. The summed E-state index contributed by atoms with van der Waals surface area (Å²) in [5, 5.41) is 0. The zero-order chi connectivity index (χ0) is 12.3. The zero-order valence-corrected chi connectivity index (χ0v) is 10.3. The summed E-state index contributed by atoms with van der Waals surface area (Å²) >= 11 is 0. The minimum atomic E-state index is 0.0417. The van der Waals surface area contributed by atoms with Crippen LogP contribution >= 0.6 is 0 Å². The van der Waals surface area contributed by atoms with Gasteiger partial charge in [-0.1, -0.05) is 32.0 Å². The lowest BCUT2D eigenvalue weighted by Gasteiger charge is -2.00. The monoisotopic (exact) mass is 227 g/mol. The van der Waals surface area contributed by atoms with E-state index in [4.69, 9.17) is 0 Å². The molecule has 0 saturated heterocycles. The van der Waals surface area contributed by atoms with Crippen LogP contribution in [0.5, 0.6) is 0 Å². The van der Waals surface area contributed by atoms with Gasteiger partial charge in [-0.2, -0.15) is 0 Å². The maximum atomic E-state index is 12.2. The molecule has 88 valence electrons. The summed E-state index contributed by atoms with van der Waals surface area (Å²) in [7, 11) is 0. The van der Waals surface area contributed by atoms with Crippen molar-refractivity contribution in [1.82, 2.24) is 4.57 Å². The molecule has 0 aliphatic carbocycles. The largest absolute Gasteiger partial charge is 0.290 e. The number of rotatable bonds is 3. The Morgan fingerprint density at radius 3 is 2.00 bits per heavy atom. The van der Waals surface area contributed by atoms with E-state index >= 15 is 0 Å².